The first-order valence-electron chi connectivity index (χ1n) is 9.37. The van der Waals surface area contributed by atoms with Crippen molar-refractivity contribution >= 4 is 46.3 Å². The normalized spacial score (nSPS) is 14.9. The third kappa shape index (κ3) is 5.07. The molecule has 0 N–H and O–H groups in total. The van der Waals surface area contributed by atoms with Crippen molar-refractivity contribution in [3.05, 3.63) is 106 Å². The number of thioether (sulfide) groups is 1. The molecule has 0 aliphatic carbocycles. The monoisotopic (exact) mass is 449 g/mol. The van der Waals surface area contributed by atoms with Gasteiger partial charge in [0.15, 0.2) is 0 Å². The van der Waals surface area contributed by atoms with Crippen molar-refractivity contribution in [2.24, 2.45) is 0 Å². The molecule has 3 aromatic rings. The van der Waals surface area contributed by atoms with Crippen LogP contribution in [-0.4, -0.2) is 21.1 Å². The van der Waals surface area contributed by atoms with Gasteiger partial charge in [-0.05, 0) is 53.6 Å². The van der Waals surface area contributed by atoms with Crippen LogP contribution in [0.15, 0.2) is 83.8 Å². The van der Waals surface area contributed by atoms with E-state index in [9.17, 15) is 14.0 Å². The van der Waals surface area contributed by atoms with Gasteiger partial charge >= 0.3 is 5.97 Å². The predicted molar refractivity (Wildman–Crippen MR) is 123 cm³/mol. The van der Waals surface area contributed by atoms with E-state index in [2.05, 4.69) is 0 Å². The molecule has 4 rings (SSSR count). The molecule has 154 valence electrons. The van der Waals surface area contributed by atoms with Crippen molar-refractivity contribution in [1.82, 2.24) is 4.90 Å². The average Bonchev–Trinajstić information content (AvgIpc) is 3.03. The number of nitrogens with zero attached hydrogens (tertiary/aromatic N) is 1. The summed E-state index contributed by atoms with van der Waals surface area (Å²) in [5, 5.41) is 0. The lowest BCUT2D eigenvalue weighted by molar-refractivity contribution is -0.122. The van der Waals surface area contributed by atoms with E-state index in [0.717, 1.165) is 11.1 Å². The lowest BCUT2D eigenvalue weighted by Crippen LogP contribution is -2.27. The van der Waals surface area contributed by atoms with Gasteiger partial charge in [0.1, 0.15) is 15.9 Å². The van der Waals surface area contributed by atoms with Crippen molar-refractivity contribution in [3.8, 4) is 5.75 Å². The standard InChI is InChI=1S/C24H16FNO3S2/c25-19-10-8-18(9-11-19)23(28)29-20-12-6-16(7-13-20)14-21-22(27)26(24(30)31-21)15-17-4-2-1-3-5-17/h1-14H,15H2/b21-14+. The molecular formula is C24H16FNO3S2. The molecule has 1 saturated heterocycles. The highest BCUT2D eigenvalue weighted by atomic mass is 32.2. The lowest BCUT2D eigenvalue weighted by Gasteiger charge is -2.14. The summed E-state index contributed by atoms with van der Waals surface area (Å²) in [6.45, 7) is 0.432. The van der Waals surface area contributed by atoms with Crippen molar-refractivity contribution in [2.45, 2.75) is 6.54 Å². The lowest BCUT2D eigenvalue weighted by atomic mass is 10.2. The zero-order valence-electron chi connectivity index (χ0n) is 16.2. The van der Waals surface area contributed by atoms with Crippen LogP contribution in [0.5, 0.6) is 5.75 Å². The van der Waals surface area contributed by atoms with E-state index in [-0.39, 0.29) is 11.5 Å². The van der Waals surface area contributed by atoms with Gasteiger partial charge in [0.2, 0.25) is 0 Å². The quantitative estimate of drug-likeness (QED) is 0.224. The van der Waals surface area contributed by atoms with Crippen LogP contribution in [0, 0.1) is 5.82 Å². The first-order valence-corrected chi connectivity index (χ1v) is 10.6. The number of ether oxygens (including phenoxy) is 1. The van der Waals surface area contributed by atoms with Crippen molar-refractivity contribution < 1.29 is 18.7 Å². The highest BCUT2D eigenvalue weighted by Crippen LogP contribution is 2.33. The second kappa shape index (κ2) is 9.24. The van der Waals surface area contributed by atoms with E-state index in [1.54, 1.807) is 35.2 Å². The zero-order valence-corrected chi connectivity index (χ0v) is 17.8. The van der Waals surface area contributed by atoms with Crippen LogP contribution < -0.4 is 4.74 Å². The van der Waals surface area contributed by atoms with Gasteiger partial charge in [0.25, 0.3) is 5.91 Å². The van der Waals surface area contributed by atoms with E-state index in [0.29, 0.717) is 21.5 Å². The number of amides is 1. The molecule has 4 nitrogen and oxygen atoms in total. The third-order valence-electron chi connectivity index (χ3n) is 4.53. The van der Waals surface area contributed by atoms with Crippen LogP contribution in [0.2, 0.25) is 0 Å². The fourth-order valence-corrected chi connectivity index (χ4v) is 4.19. The number of thiocarbonyl (C=S) groups is 1. The Bertz CT molecular complexity index is 1160. The Kier molecular flexibility index (Phi) is 6.25. The Morgan fingerprint density at radius 1 is 1.00 bits per heavy atom. The summed E-state index contributed by atoms with van der Waals surface area (Å²) in [7, 11) is 0. The molecule has 0 bridgehead atoms. The number of carbonyl (C=O) groups excluding carboxylic acids is 2. The van der Waals surface area contributed by atoms with E-state index in [1.165, 1.54) is 36.0 Å². The minimum Gasteiger partial charge on any atom is -0.423 e. The summed E-state index contributed by atoms with van der Waals surface area (Å²) in [6.07, 6.45) is 1.76. The highest BCUT2D eigenvalue weighted by molar-refractivity contribution is 8.26. The van der Waals surface area contributed by atoms with Gasteiger partial charge in [-0.15, -0.1) is 0 Å². The van der Waals surface area contributed by atoms with Crippen LogP contribution in [-0.2, 0) is 11.3 Å². The Labute approximate surface area is 188 Å². The SMILES string of the molecule is O=C(Oc1ccc(/C=C2/SC(=S)N(Cc3ccccc3)C2=O)cc1)c1ccc(F)cc1. The molecule has 1 heterocycles. The zero-order chi connectivity index (χ0) is 21.8. The van der Waals surface area contributed by atoms with Crippen LogP contribution in [0.25, 0.3) is 6.08 Å². The van der Waals surface area contributed by atoms with Crippen LogP contribution in [0.3, 0.4) is 0 Å². The average molecular weight is 450 g/mol. The number of benzene rings is 3. The molecular weight excluding hydrogens is 433 g/mol. The fourth-order valence-electron chi connectivity index (χ4n) is 2.94. The van der Waals surface area contributed by atoms with Gasteiger partial charge in [0, 0.05) is 0 Å². The Morgan fingerprint density at radius 2 is 1.68 bits per heavy atom. The van der Waals surface area contributed by atoms with Gasteiger partial charge in [-0.25, -0.2) is 9.18 Å². The van der Waals surface area contributed by atoms with Crippen molar-refractivity contribution in [3.63, 3.8) is 0 Å². The predicted octanol–water partition coefficient (Wildman–Crippen LogP) is 5.45. The summed E-state index contributed by atoms with van der Waals surface area (Å²) in [6, 6.07) is 21.6. The van der Waals surface area contributed by atoms with Gasteiger partial charge in [-0.1, -0.05) is 66.4 Å². The first kappa shape index (κ1) is 21.0. The van der Waals surface area contributed by atoms with Gasteiger partial charge < -0.3 is 4.74 Å². The summed E-state index contributed by atoms with van der Waals surface area (Å²) in [5.41, 5.74) is 2.04. The second-order valence-electron chi connectivity index (χ2n) is 6.72. The number of rotatable bonds is 5. The van der Waals surface area contributed by atoms with Crippen LogP contribution >= 0.6 is 24.0 Å². The maximum absolute atomic E-state index is 13.0. The number of esters is 1. The molecule has 1 aliphatic heterocycles. The topological polar surface area (TPSA) is 46.6 Å². The molecule has 1 amide bonds. The van der Waals surface area contributed by atoms with E-state index >= 15 is 0 Å². The molecule has 0 radical (unpaired) electrons. The Morgan fingerprint density at radius 3 is 2.35 bits per heavy atom. The maximum atomic E-state index is 13.0. The minimum absolute atomic E-state index is 0.134. The third-order valence-corrected chi connectivity index (χ3v) is 5.90. The summed E-state index contributed by atoms with van der Waals surface area (Å²) in [5.74, 6) is -0.779. The van der Waals surface area contributed by atoms with Crippen LogP contribution in [0.4, 0.5) is 4.39 Å². The summed E-state index contributed by atoms with van der Waals surface area (Å²) >= 11 is 6.64. The van der Waals surface area contributed by atoms with Gasteiger partial charge in [-0.3, -0.25) is 9.69 Å². The fraction of sp³-hybridized carbons (Fsp3) is 0.0417. The number of halogens is 1. The number of hydrogen-bond donors (Lipinski definition) is 0. The number of hydrogen-bond acceptors (Lipinski definition) is 5. The summed E-state index contributed by atoms with van der Waals surface area (Å²) in [4.78, 5) is 27.0. The molecule has 0 atom stereocenters. The van der Waals surface area contributed by atoms with E-state index < -0.39 is 11.8 Å². The Hall–Kier alpha value is -3.29. The van der Waals surface area contributed by atoms with Crippen molar-refractivity contribution in [1.29, 1.82) is 0 Å². The molecule has 3 aromatic carbocycles. The molecule has 0 unspecified atom stereocenters. The van der Waals surface area contributed by atoms with Crippen molar-refractivity contribution in [2.75, 3.05) is 0 Å². The second-order valence-corrected chi connectivity index (χ2v) is 8.39. The number of carbonyl (C=O) groups is 2. The maximum Gasteiger partial charge on any atom is 0.343 e. The molecule has 7 heteroatoms. The Balaban J connectivity index is 1.43. The smallest absolute Gasteiger partial charge is 0.343 e. The molecule has 1 fully saturated rings. The van der Waals surface area contributed by atoms with Gasteiger partial charge in [-0.2, -0.15) is 0 Å². The largest absolute Gasteiger partial charge is 0.423 e. The highest BCUT2D eigenvalue weighted by Gasteiger charge is 2.31. The van der Waals surface area contributed by atoms with E-state index in [1.807, 2.05) is 30.3 Å². The molecule has 0 aromatic heterocycles. The molecule has 1 aliphatic rings. The van der Waals surface area contributed by atoms with E-state index in [4.69, 9.17) is 17.0 Å². The molecule has 0 spiro atoms. The minimum atomic E-state index is -0.575. The van der Waals surface area contributed by atoms with Crippen LogP contribution in [0.1, 0.15) is 21.5 Å². The first-order chi connectivity index (χ1) is 15.0. The summed E-state index contributed by atoms with van der Waals surface area (Å²) < 4.78 is 18.8. The molecule has 31 heavy (non-hydrogen) atoms. The molecule has 0 saturated carbocycles. The van der Waals surface area contributed by atoms with Gasteiger partial charge in [0.05, 0.1) is 17.0 Å².